The molecule has 3 rings (SSSR count). The number of carboxylic acids is 1. The molecule has 4 unspecified atom stereocenters. The highest BCUT2D eigenvalue weighted by Gasteiger charge is 2.57. The van der Waals surface area contributed by atoms with E-state index in [4.69, 9.17) is 14.9 Å². The summed E-state index contributed by atoms with van der Waals surface area (Å²) in [6, 6.07) is 5.78. The molecule has 1 aromatic carbocycles. The molecule has 1 fully saturated rings. The van der Waals surface area contributed by atoms with E-state index in [1.165, 1.54) is 23.9 Å². The Morgan fingerprint density at radius 2 is 1.84 bits per heavy atom. The number of carbonyl (C=O) groups is 4. The van der Waals surface area contributed by atoms with Crippen molar-refractivity contribution in [2.75, 3.05) is 25.5 Å². The third kappa shape index (κ3) is 5.99. The third-order valence-electron chi connectivity index (χ3n) is 6.26. The number of hydrogen-bond donors (Lipinski definition) is 7. The number of thioether (sulfide) groups is 1. The summed E-state index contributed by atoms with van der Waals surface area (Å²) >= 11 is 1.21. The van der Waals surface area contributed by atoms with Gasteiger partial charge in [0, 0.05) is 11.3 Å². The van der Waals surface area contributed by atoms with Crippen LogP contribution in [0.1, 0.15) is 18.5 Å². The van der Waals surface area contributed by atoms with Crippen LogP contribution in [0.2, 0.25) is 0 Å². The predicted molar refractivity (Wildman–Crippen MR) is 131 cm³/mol. The van der Waals surface area contributed by atoms with Crippen molar-refractivity contribution >= 4 is 35.5 Å². The molecule has 0 aromatic heterocycles. The Bertz CT molecular complexity index is 1100. The van der Waals surface area contributed by atoms with Gasteiger partial charge in [-0.1, -0.05) is 42.1 Å². The van der Waals surface area contributed by atoms with Crippen LogP contribution >= 0.6 is 11.8 Å². The van der Waals surface area contributed by atoms with Crippen molar-refractivity contribution in [3.05, 3.63) is 52.4 Å². The van der Waals surface area contributed by atoms with Crippen LogP contribution in [0.5, 0.6) is 0 Å². The Balaban J connectivity index is 1.76. The zero-order chi connectivity index (χ0) is 28.2. The van der Waals surface area contributed by atoms with Gasteiger partial charge in [-0.2, -0.15) is 0 Å². The minimum Gasteiger partial charge on any atom is -0.626 e. The molecule has 2 heterocycles. The first kappa shape index (κ1) is 29.5. The fourth-order valence-corrected chi connectivity index (χ4v) is 5.74. The van der Waals surface area contributed by atoms with Crippen molar-refractivity contribution in [3.63, 3.8) is 0 Å². The number of aliphatic hydroxyl groups is 4. The van der Waals surface area contributed by atoms with Gasteiger partial charge in [-0.05, 0) is 12.5 Å². The first-order valence-electron chi connectivity index (χ1n) is 11.5. The quantitative estimate of drug-likeness (QED) is 0.120. The second-order valence-corrected chi connectivity index (χ2v) is 10.0. The Kier molecular flexibility index (Phi) is 9.48. The summed E-state index contributed by atoms with van der Waals surface area (Å²) in [4.78, 5) is 49.5. The van der Waals surface area contributed by atoms with Crippen molar-refractivity contribution in [2.45, 2.75) is 42.7 Å². The maximum absolute atomic E-state index is 13.2. The topological polar surface area (TPSA) is 226 Å². The fourth-order valence-electron chi connectivity index (χ4n) is 4.36. The normalized spacial score (nSPS) is 25.6. The lowest BCUT2D eigenvalue weighted by atomic mass is 10.0. The number of hydroxylamine groups is 3. The standard InChI is InChI=1S/C23H29N3O11S/c1-11-10-38-21-13(7-26(21,36)17(11)22(33)34)24-20(32)16(12-5-3-2-4-6-12)25-23(35)37-19(15(30)9-28)18(31)14(29)8-27/h2-6,13-14,16,18-19,21,27-29,31H,7-10H2,1H3,(H,24,32)(H,25,35)(H,33,34)/t13?,14-,16?,18-,19-,21?,26?/m1/s1. The van der Waals surface area contributed by atoms with E-state index in [0.29, 0.717) is 16.9 Å². The lowest BCUT2D eigenvalue weighted by Crippen LogP contribution is -2.75. The van der Waals surface area contributed by atoms with Crippen molar-refractivity contribution < 1.29 is 54.1 Å². The predicted octanol–water partition coefficient (Wildman–Crippen LogP) is -1.66. The van der Waals surface area contributed by atoms with Gasteiger partial charge in [0.2, 0.25) is 17.4 Å². The van der Waals surface area contributed by atoms with E-state index in [-0.39, 0.29) is 12.2 Å². The van der Waals surface area contributed by atoms with E-state index >= 15 is 0 Å². The van der Waals surface area contributed by atoms with Crippen LogP contribution in [-0.2, 0) is 19.1 Å². The summed E-state index contributed by atoms with van der Waals surface area (Å²) < 4.78 is 3.80. The highest BCUT2D eigenvalue weighted by Crippen LogP contribution is 2.46. The minimum atomic E-state index is -2.06. The average molecular weight is 556 g/mol. The third-order valence-corrected chi connectivity index (χ3v) is 7.87. The highest BCUT2D eigenvalue weighted by atomic mass is 32.2. The molecule has 7 N–H and O–H groups in total. The molecule has 0 spiro atoms. The molecule has 1 saturated heterocycles. The maximum Gasteiger partial charge on any atom is 0.408 e. The average Bonchev–Trinajstić information content (AvgIpc) is 2.88. The van der Waals surface area contributed by atoms with Gasteiger partial charge in [0.1, 0.15) is 37.4 Å². The molecular weight excluding hydrogens is 526 g/mol. The molecule has 2 aliphatic rings. The van der Waals surface area contributed by atoms with E-state index in [9.17, 15) is 39.7 Å². The van der Waals surface area contributed by atoms with Crippen LogP contribution in [0, 0.1) is 5.21 Å². The smallest absolute Gasteiger partial charge is 0.408 e. The molecule has 1 aromatic rings. The van der Waals surface area contributed by atoms with Crippen LogP contribution in [0.4, 0.5) is 4.79 Å². The summed E-state index contributed by atoms with van der Waals surface area (Å²) in [5.41, 5.74) is 0.484. The molecule has 14 nitrogen and oxygen atoms in total. The molecular formula is C23H29N3O11S. The maximum atomic E-state index is 13.2. The number of ketones is 1. The largest absolute Gasteiger partial charge is 0.626 e. The molecule has 0 bridgehead atoms. The number of rotatable bonds is 11. The summed E-state index contributed by atoms with van der Waals surface area (Å²) in [6.07, 6.45) is -7.32. The first-order chi connectivity index (χ1) is 17.9. The number of carbonyl (C=O) groups excluding carboxylic acids is 3. The van der Waals surface area contributed by atoms with E-state index in [0.717, 1.165) is 0 Å². The first-order valence-corrected chi connectivity index (χ1v) is 12.6. The van der Waals surface area contributed by atoms with Crippen molar-refractivity contribution in [3.8, 4) is 0 Å². The van der Waals surface area contributed by atoms with Gasteiger partial charge in [0.25, 0.3) is 0 Å². The lowest BCUT2D eigenvalue weighted by Gasteiger charge is -2.61. The van der Waals surface area contributed by atoms with E-state index in [1.807, 2.05) is 0 Å². The van der Waals surface area contributed by atoms with Crippen molar-refractivity contribution in [2.24, 2.45) is 0 Å². The van der Waals surface area contributed by atoms with Crippen LogP contribution < -0.4 is 10.6 Å². The van der Waals surface area contributed by atoms with Crippen molar-refractivity contribution in [1.82, 2.24) is 10.6 Å². The second-order valence-electron chi connectivity index (χ2n) is 8.91. The van der Waals surface area contributed by atoms with Crippen LogP contribution in [0.25, 0.3) is 0 Å². The number of benzene rings is 1. The van der Waals surface area contributed by atoms with Crippen LogP contribution in [0.15, 0.2) is 41.6 Å². The number of fused-ring (bicyclic) bond motifs is 1. The summed E-state index contributed by atoms with van der Waals surface area (Å²) in [5.74, 6) is -2.93. The Morgan fingerprint density at radius 3 is 2.42 bits per heavy atom. The van der Waals surface area contributed by atoms with Gasteiger partial charge in [-0.25, -0.2) is 9.59 Å². The molecule has 0 aliphatic carbocycles. The Labute approximate surface area is 221 Å². The number of Topliss-reactive ketones (excluding diaryl/α,β-unsaturated/α-hetero) is 1. The van der Waals surface area contributed by atoms with Gasteiger partial charge >= 0.3 is 12.1 Å². The molecule has 208 valence electrons. The number of hydrogen-bond acceptors (Lipinski definition) is 11. The number of quaternary nitrogens is 1. The fraction of sp³-hybridized carbons (Fsp3) is 0.478. The van der Waals surface area contributed by atoms with Gasteiger partial charge in [-0.3, -0.25) is 9.59 Å². The number of aliphatic carboxylic acids is 1. The van der Waals surface area contributed by atoms with E-state index in [2.05, 4.69) is 10.6 Å². The van der Waals surface area contributed by atoms with E-state index < -0.39 is 77.4 Å². The SMILES string of the molecule is CC1=C(C(=O)O)[N+]2([O-])CC(NC(=O)C(NC(=O)O[C@H](C(=O)CO)[C@H](O)[C@H](O)CO)c3ccccc3)C2SC1. The molecule has 15 heteroatoms. The molecule has 0 radical (unpaired) electrons. The number of amides is 2. The van der Waals surface area contributed by atoms with Gasteiger partial charge in [0.15, 0.2) is 11.5 Å². The summed E-state index contributed by atoms with van der Waals surface area (Å²) in [5, 5.41) is 64.7. The highest BCUT2D eigenvalue weighted by molar-refractivity contribution is 8.00. The molecule has 2 aliphatic heterocycles. The van der Waals surface area contributed by atoms with E-state index in [1.54, 1.807) is 25.1 Å². The molecule has 2 amide bonds. The van der Waals surface area contributed by atoms with Gasteiger partial charge < -0.3 is 50.8 Å². The molecule has 7 atom stereocenters. The number of carboxylic acid groups (broad SMARTS) is 1. The van der Waals surface area contributed by atoms with Crippen LogP contribution in [0.3, 0.4) is 0 Å². The number of nitrogens with one attached hydrogen (secondary N) is 2. The number of nitrogens with zero attached hydrogens (tertiary/aromatic N) is 1. The summed E-state index contributed by atoms with van der Waals surface area (Å²) in [7, 11) is 0. The Hall–Kier alpha value is -3.05. The van der Waals surface area contributed by atoms with Gasteiger partial charge in [0.05, 0.1) is 6.61 Å². The number of alkyl carbamates (subject to hydrolysis) is 1. The minimum absolute atomic E-state index is 0.230. The second kappa shape index (κ2) is 12.2. The number of aliphatic hydroxyl groups excluding tert-OH is 4. The zero-order valence-electron chi connectivity index (χ0n) is 20.2. The van der Waals surface area contributed by atoms with Crippen molar-refractivity contribution in [1.29, 1.82) is 0 Å². The summed E-state index contributed by atoms with van der Waals surface area (Å²) in [6.45, 7) is -0.762. The van der Waals surface area contributed by atoms with Gasteiger partial charge in [-0.15, -0.1) is 0 Å². The van der Waals surface area contributed by atoms with Crippen LogP contribution in [-0.4, -0.2) is 109 Å². The number of ether oxygens (including phenoxy) is 1. The Morgan fingerprint density at radius 1 is 1.18 bits per heavy atom. The molecule has 0 saturated carbocycles. The monoisotopic (exact) mass is 555 g/mol. The zero-order valence-corrected chi connectivity index (χ0v) is 21.0. The lowest BCUT2D eigenvalue weighted by molar-refractivity contribution is -0.895. The molecule has 38 heavy (non-hydrogen) atoms.